The van der Waals surface area contributed by atoms with Crippen LogP contribution in [0.15, 0.2) is 0 Å². The molecular formula is C14H26N2O5. The van der Waals surface area contributed by atoms with E-state index in [1.165, 1.54) is 0 Å². The van der Waals surface area contributed by atoms with Crippen LogP contribution >= 0.6 is 0 Å². The van der Waals surface area contributed by atoms with Gasteiger partial charge in [-0.05, 0) is 26.2 Å². The summed E-state index contributed by atoms with van der Waals surface area (Å²) in [6.07, 6.45) is 2.37. The Labute approximate surface area is 125 Å². The van der Waals surface area contributed by atoms with E-state index in [4.69, 9.17) is 14.6 Å². The number of nitrogens with one attached hydrogen (secondary N) is 1. The Morgan fingerprint density at radius 2 is 2.00 bits per heavy atom. The average Bonchev–Trinajstić information content (AvgIpc) is 2.45. The van der Waals surface area contributed by atoms with Crippen molar-refractivity contribution in [3.63, 3.8) is 0 Å². The minimum absolute atomic E-state index is 0.0255. The van der Waals surface area contributed by atoms with Crippen molar-refractivity contribution in [1.29, 1.82) is 0 Å². The van der Waals surface area contributed by atoms with Crippen molar-refractivity contribution in [2.45, 2.75) is 44.8 Å². The summed E-state index contributed by atoms with van der Waals surface area (Å²) in [5.41, 5.74) is 0. The van der Waals surface area contributed by atoms with Crippen LogP contribution < -0.4 is 5.32 Å². The van der Waals surface area contributed by atoms with Gasteiger partial charge >= 0.3 is 12.0 Å². The summed E-state index contributed by atoms with van der Waals surface area (Å²) in [7, 11) is 1.64. The molecule has 0 aromatic carbocycles. The van der Waals surface area contributed by atoms with E-state index in [2.05, 4.69) is 5.32 Å². The molecule has 0 aliphatic carbocycles. The number of amides is 2. The van der Waals surface area contributed by atoms with E-state index in [1.54, 1.807) is 12.0 Å². The van der Waals surface area contributed by atoms with Crippen molar-refractivity contribution in [2.24, 2.45) is 0 Å². The Bertz CT molecular complexity index is 329. The molecule has 0 aromatic rings. The van der Waals surface area contributed by atoms with Gasteiger partial charge in [-0.3, -0.25) is 4.79 Å². The second kappa shape index (κ2) is 9.57. The summed E-state index contributed by atoms with van der Waals surface area (Å²) in [5, 5.41) is 11.5. The topological polar surface area (TPSA) is 88.1 Å². The number of carboxylic acid groups (broad SMARTS) is 1. The van der Waals surface area contributed by atoms with Gasteiger partial charge in [0.25, 0.3) is 0 Å². The number of hydrogen-bond donors (Lipinski definition) is 2. The van der Waals surface area contributed by atoms with Crippen molar-refractivity contribution in [3.05, 3.63) is 0 Å². The fourth-order valence-corrected chi connectivity index (χ4v) is 2.21. The highest BCUT2D eigenvalue weighted by molar-refractivity contribution is 5.74. The molecule has 122 valence electrons. The molecular weight excluding hydrogens is 276 g/mol. The molecule has 1 heterocycles. The minimum Gasteiger partial charge on any atom is -0.481 e. The molecule has 7 nitrogen and oxygen atoms in total. The first-order valence-corrected chi connectivity index (χ1v) is 7.40. The molecule has 1 unspecified atom stereocenters. The van der Waals surface area contributed by atoms with Crippen LogP contribution in [-0.4, -0.2) is 67.6 Å². The van der Waals surface area contributed by atoms with Crippen LogP contribution in [0.25, 0.3) is 0 Å². The van der Waals surface area contributed by atoms with Crippen LogP contribution in [0.3, 0.4) is 0 Å². The van der Waals surface area contributed by atoms with Gasteiger partial charge in [-0.15, -0.1) is 0 Å². The first-order chi connectivity index (χ1) is 10.0. The molecule has 0 spiro atoms. The van der Waals surface area contributed by atoms with Gasteiger partial charge < -0.3 is 24.8 Å². The van der Waals surface area contributed by atoms with Gasteiger partial charge in [0.05, 0.1) is 19.1 Å². The Kier molecular flexibility index (Phi) is 8.07. The third kappa shape index (κ3) is 7.29. The summed E-state index contributed by atoms with van der Waals surface area (Å²) >= 11 is 0. The van der Waals surface area contributed by atoms with Crippen molar-refractivity contribution < 1.29 is 24.2 Å². The second-order valence-corrected chi connectivity index (χ2v) is 5.33. The summed E-state index contributed by atoms with van der Waals surface area (Å²) in [6, 6.07) is 0.0320. The van der Waals surface area contributed by atoms with Crippen molar-refractivity contribution in [1.82, 2.24) is 10.2 Å². The predicted molar refractivity (Wildman–Crippen MR) is 77.3 cm³/mol. The molecule has 1 aliphatic rings. The molecule has 2 N–H and O–H groups in total. The number of urea groups is 1. The van der Waals surface area contributed by atoms with Crippen molar-refractivity contribution in [2.75, 3.05) is 33.4 Å². The number of likely N-dealkylation sites (tertiary alicyclic amines) is 1. The lowest BCUT2D eigenvalue weighted by atomic mass is 10.1. The van der Waals surface area contributed by atoms with Crippen LogP contribution in [0.5, 0.6) is 0 Å². The molecule has 1 saturated heterocycles. The molecule has 0 bridgehead atoms. The molecule has 21 heavy (non-hydrogen) atoms. The number of carbonyl (C=O) groups is 2. The maximum Gasteiger partial charge on any atom is 0.317 e. The lowest BCUT2D eigenvalue weighted by molar-refractivity contribution is -0.138. The van der Waals surface area contributed by atoms with Gasteiger partial charge in [0, 0.05) is 32.8 Å². The second-order valence-electron chi connectivity index (χ2n) is 5.33. The van der Waals surface area contributed by atoms with Gasteiger partial charge in [-0.2, -0.15) is 0 Å². The van der Waals surface area contributed by atoms with Gasteiger partial charge in [0.1, 0.15) is 0 Å². The van der Waals surface area contributed by atoms with E-state index in [0.717, 1.165) is 19.3 Å². The van der Waals surface area contributed by atoms with Crippen LogP contribution in [-0.2, 0) is 14.3 Å². The number of methoxy groups -OCH3 is 1. The fourth-order valence-electron chi connectivity index (χ4n) is 2.21. The molecule has 0 aromatic heterocycles. The quantitative estimate of drug-likeness (QED) is 0.700. The maximum atomic E-state index is 12.0. The zero-order chi connectivity index (χ0) is 15.7. The lowest BCUT2D eigenvalue weighted by Gasteiger charge is -2.32. The number of aliphatic carboxylic acids is 1. The van der Waals surface area contributed by atoms with E-state index in [9.17, 15) is 9.59 Å². The Hall–Kier alpha value is -1.34. The summed E-state index contributed by atoms with van der Waals surface area (Å²) in [5.74, 6) is -0.850. The fraction of sp³-hybridized carbons (Fsp3) is 0.857. The van der Waals surface area contributed by atoms with Gasteiger partial charge in [-0.1, -0.05) is 0 Å². The van der Waals surface area contributed by atoms with E-state index < -0.39 is 5.97 Å². The summed E-state index contributed by atoms with van der Waals surface area (Å²) in [6.45, 7) is 4.10. The lowest BCUT2D eigenvalue weighted by Crippen LogP contribution is -2.48. The van der Waals surface area contributed by atoms with Gasteiger partial charge in [0.2, 0.25) is 0 Å². The van der Waals surface area contributed by atoms with Crippen molar-refractivity contribution in [3.8, 4) is 0 Å². The number of rotatable bonds is 8. The molecule has 0 radical (unpaired) electrons. The molecule has 1 rings (SSSR count). The first kappa shape index (κ1) is 17.7. The molecule has 1 aliphatic heterocycles. The minimum atomic E-state index is -0.850. The van der Waals surface area contributed by atoms with Crippen LogP contribution in [0.4, 0.5) is 4.79 Å². The smallest absolute Gasteiger partial charge is 0.317 e. The summed E-state index contributed by atoms with van der Waals surface area (Å²) in [4.78, 5) is 24.2. The van der Waals surface area contributed by atoms with Crippen LogP contribution in [0, 0.1) is 0 Å². The van der Waals surface area contributed by atoms with E-state index in [1.807, 2.05) is 6.92 Å². The van der Waals surface area contributed by atoms with E-state index in [-0.39, 0.29) is 31.2 Å². The largest absolute Gasteiger partial charge is 0.481 e. The highest BCUT2D eigenvalue weighted by atomic mass is 16.5. The zero-order valence-corrected chi connectivity index (χ0v) is 12.8. The highest BCUT2D eigenvalue weighted by Gasteiger charge is 2.23. The Morgan fingerprint density at radius 3 is 2.57 bits per heavy atom. The van der Waals surface area contributed by atoms with E-state index in [0.29, 0.717) is 19.7 Å². The van der Waals surface area contributed by atoms with Crippen molar-refractivity contribution >= 4 is 12.0 Å². The summed E-state index contributed by atoms with van der Waals surface area (Å²) < 4.78 is 10.5. The predicted octanol–water partition coefficient (Wildman–Crippen LogP) is 1.08. The monoisotopic (exact) mass is 302 g/mol. The number of nitrogens with zero attached hydrogens (tertiary/aromatic N) is 1. The highest BCUT2D eigenvalue weighted by Crippen LogP contribution is 2.14. The number of carbonyl (C=O) groups excluding carboxylic acids is 1. The van der Waals surface area contributed by atoms with Crippen LogP contribution in [0.1, 0.15) is 32.6 Å². The zero-order valence-electron chi connectivity index (χ0n) is 12.8. The van der Waals surface area contributed by atoms with Gasteiger partial charge in [0.15, 0.2) is 0 Å². The third-order valence-corrected chi connectivity index (χ3v) is 3.52. The normalized spacial score (nSPS) is 17.5. The Morgan fingerprint density at radius 1 is 1.33 bits per heavy atom. The molecule has 1 atom stereocenters. The standard InChI is InChI=1S/C14H26N2O5/c1-11(5-9-20-2)15-14(19)16-7-3-12(4-8-16)21-10-6-13(17)18/h11-12H,3-10H2,1-2H3,(H,15,19)(H,17,18). The van der Waals surface area contributed by atoms with E-state index >= 15 is 0 Å². The number of piperidine rings is 1. The molecule has 1 fully saturated rings. The maximum absolute atomic E-state index is 12.0. The number of hydrogen-bond acceptors (Lipinski definition) is 4. The molecule has 0 saturated carbocycles. The number of ether oxygens (including phenoxy) is 2. The third-order valence-electron chi connectivity index (χ3n) is 3.52. The molecule has 7 heteroatoms. The Balaban J connectivity index is 2.19. The SMILES string of the molecule is COCCC(C)NC(=O)N1CCC(OCCC(=O)O)CC1. The first-order valence-electron chi connectivity index (χ1n) is 7.40. The van der Waals surface area contributed by atoms with Crippen LogP contribution in [0.2, 0.25) is 0 Å². The van der Waals surface area contributed by atoms with Gasteiger partial charge in [-0.25, -0.2) is 4.79 Å². The number of carboxylic acids is 1. The molecule has 2 amide bonds. The average molecular weight is 302 g/mol.